The molecule has 6 aromatic carbocycles. The average Bonchev–Trinajstić information content (AvgIpc) is 3.61. The molecule has 60 heavy (non-hydrogen) atoms. The van der Waals surface area contributed by atoms with Gasteiger partial charge in [0, 0.05) is 24.4 Å². The van der Waals surface area contributed by atoms with Crippen LogP contribution < -0.4 is 0 Å². The molecule has 0 aliphatic rings. The standard InChI is InChI=1S/C56H57N3O/c1-34(2)47-33-43(23-24-45(47)46-15-12-13-17-49(46)56(9,10)11)59-51-18-14-16-44(52(51)58-54(59)48-28-36(4)27-37(5)53(48)60)40-29-41(31-42(30-40)55(6,7)8)50-32-39(25-26-57-50)38-21-19-35(3)20-22-38/h12-34,60H,1-11H3/i34D. The van der Waals surface area contributed by atoms with Crippen molar-refractivity contribution in [3.8, 4) is 67.5 Å². The van der Waals surface area contributed by atoms with E-state index in [2.05, 4.69) is 175 Å². The van der Waals surface area contributed by atoms with Crippen LogP contribution in [0.3, 0.4) is 0 Å². The highest BCUT2D eigenvalue weighted by atomic mass is 16.3. The monoisotopic (exact) mass is 788 g/mol. The predicted molar refractivity (Wildman–Crippen MR) is 253 cm³/mol. The first-order chi connectivity index (χ1) is 28.8. The number of nitrogens with zero attached hydrogens (tertiary/aromatic N) is 3. The van der Waals surface area contributed by atoms with E-state index < -0.39 is 5.89 Å². The molecule has 2 aromatic heterocycles. The number of hydrogen-bond donors (Lipinski definition) is 1. The summed E-state index contributed by atoms with van der Waals surface area (Å²) in [6.07, 6.45) is 1.90. The van der Waals surface area contributed by atoms with Crippen LogP contribution in [0.2, 0.25) is 0 Å². The molecule has 0 aliphatic heterocycles. The lowest BCUT2D eigenvalue weighted by Gasteiger charge is -2.25. The maximum absolute atomic E-state index is 11.8. The Hall–Kier alpha value is -6.26. The van der Waals surface area contributed by atoms with Crippen molar-refractivity contribution < 1.29 is 6.48 Å². The summed E-state index contributed by atoms with van der Waals surface area (Å²) in [5.41, 5.74) is 17.9. The molecule has 0 amide bonds. The van der Waals surface area contributed by atoms with E-state index in [-0.39, 0.29) is 16.6 Å². The Morgan fingerprint density at radius 3 is 2.03 bits per heavy atom. The van der Waals surface area contributed by atoms with Crippen LogP contribution in [0.4, 0.5) is 0 Å². The lowest BCUT2D eigenvalue weighted by molar-refractivity contribution is 0.472. The van der Waals surface area contributed by atoms with Crippen molar-refractivity contribution in [3.05, 3.63) is 167 Å². The van der Waals surface area contributed by atoms with Gasteiger partial charge in [0.25, 0.3) is 0 Å². The normalized spacial score (nSPS) is 12.6. The summed E-state index contributed by atoms with van der Waals surface area (Å²) in [7, 11) is 0. The number of pyridine rings is 1. The lowest BCUT2D eigenvalue weighted by Crippen LogP contribution is -2.13. The summed E-state index contributed by atoms with van der Waals surface area (Å²) in [6, 6.07) is 45.1. The lowest BCUT2D eigenvalue weighted by atomic mass is 9.80. The van der Waals surface area contributed by atoms with Crippen molar-refractivity contribution >= 4 is 11.0 Å². The van der Waals surface area contributed by atoms with E-state index in [1.807, 2.05) is 39.1 Å². The minimum Gasteiger partial charge on any atom is -0.507 e. The zero-order valence-electron chi connectivity index (χ0n) is 38.0. The van der Waals surface area contributed by atoms with Gasteiger partial charge in [0.2, 0.25) is 0 Å². The predicted octanol–water partition coefficient (Wildman–Crippen LogP) is 15.1. The van der Waals surface area contributed by atoms with Crippen molar-refractivity contribution in [2.75, 3.05) is 0 Å². The van der Waals surface area contributed by atoms with E-state index in [1.54, 1.807) is 0 Å². The summed E-state index contributed by atoms with van der Waals surface area (Å²) in [4.78, 5) is 10.4. The topological polar surface area (TPSA) is 50.9 Å². The van der Waals surface area contributed by atoms with Gasteiger partial charge in [-0.1, -0.05) is 140 Å². The van der Waals surface area contributed by atoms with E-state index in [0.717, 1.165) is 78.0 Å². The van der Waals surface area contributed by atoms with Crippen molar-refractivity contribution in [1.29, 1.82) is 0 Å². The molecular formula is C56H57N3O. The molecule has 0 fully saturated rings. The quantitative estimate of drug-likeness (QED) is 0.175. The average molecular weight is 789 g/mol. The van der Waals surface area contributed by atoms with E-state index >= 15 is 0 Å². The summed E-state index contributed by atoms with van der Waals surface area (Å²) in [5, 5.41) is 11.8. The Morgan fingerprint density at radius 1 is 0.600 bits per heavy atom. The van der Waals surface area contributed by atoms with Crippen LogP contribution in [-0.4, -0.2) is 19.6 Å². The van der Waals surface area contributed by atoms with E-state index in [1.165, 1.54) is 16.7 Å². The fourth-order valence-electron chi connectivity index (χ4n) is 8.47. The first-order valence-corrected chi connectivity index (χ1v) is 21.0. The van der Waals surface area contributed by atoms with Crippen LogP contribution in [0.15, 0.2) is 134 Å². The molecule has 4 heteroatoms. The fourth-order valence-corrected chi connectivity index (χ4v) is 8.47. The van der Waals surface area contributed by atoms with E-state index in [4.69, 9.17) is 9.97 Å². The molecule has 1 N–H and O–H groups in total. The molecule has 0 spiro atoms. The molecule has 8 rings (SSSR count). The molecule has 0 radical (unpaired) electrons. The number of rotatable bonds is 7. The molecular weight excluding hydrogens is 731 g/mol. The Labute approximate surface area is 358 Å². The van der Waals surface area contributed by atoms with E-state index in [0.29, 0.717) is 11.4 Å². The SMILES string of the molecule is [2H]C(C)(C)c1cc(-n2c(-c3cc(C)cc(C)c3O)nc3c(-c4cc(-c5cc(-c6ccc(C)cc6)ccn5)cc(C(C)(C)C)c4)cccc32)ccc1-c1ccccc1C(C)(C)C. The number of imidazole rings is 1. The van der Waals surface area contributed by atoms with Gasteiger partial charge in [0.1, 0.15) is 11.6 Å². The number of phenolic OH excluding ortho intramolecular Hbond substituents is 1. The Morgan fingerprint density at radius 2 is 1.32 bits per heavy atom. The van der Waals surface area contributed by atoms with E-state index in [9.17, 15) is 6.48 Å². The van der Waals surface area contributed by atoms with Gasteiger partial charge in [-0.05, 0) is 142 Å². The van der Waals surface area contributed by atoms with Crippen molar-refractivity contribution in [1.82, 2.24) is 14.5 Å². The minimum absolute atomic E-state index is 0.0898. The number of aromatic hydroxyl groups is 1. The maximum Gasteiger partial charge on any atom is 0.149 e. The second kappa shape index (κ2) is 15.4. The highest BCUT2D eigenvalue weighted by Gasteiger charge is 2.25. The number of aryl methyl sites for hydroxylation is 3. The molecule has 4 nitrogen and oxygen atoms in total. The molecule has 302 valence electrons. The van der Waals surface area contributed by atoms with Gasteiger partial charge in [-0.15, -0.1) is 0 Å². The second-order valence-electron chi connectivity index (χ2n) is 18.8. The van der Waals surface area contributed by atoms with Gasteiger partial charge in [-0.3, -0.25) is 9.55 Å². The first kappa shape index (κ1) is 39.2. The van der Waals surface area contributed by atoms with Crippen molar-refractivity contribution in [3.63, 3.8) is 0 Å². The summed E-state index contributed by atoms with van der Waals surface area (Å²) in [5.74, 6) is -0.0747. The van der Waals surface area contributed by atoms with Crippen LogP contribution in [0, 0.1) is 20.8 Å². The minimum atomic E-state index is -0.922. The van der Waals surface area contributed by atoms with Crippen LogP contribution in [0.1, 0.15) is 96.0 Å². The number of hydrogen-bond acceptors (Lipinski definition) is 3. The zero-order chi connectivity index (χ0) is 43.6. The van der Waals surface area contributed by atoms with Crippen LogP contribution >= 0.6 is 0 Å². The number of benzene rings is 6. The zero-order valence-corrected chi connectivity index (χ0v) is 37.0. The van der Waals surface area contributed by atoms with Gasteiger partial charge < -0.3 is 5.11 Å². The second-order valence-corrected chi connectivity index (χ2v) is 18.8. The highest BCUT2D eigenvalue weighted by Crippen LogP contribution is 2.43. The molecule has 0 atom stereocenters. The molecule has 0 saturated heterocycles. The van der Waals surface area contributed by atoms with Gasteiger partial charge >= 0.3 is 0 Å². The molecule has 0 bridgehead atoms. The maximum atomic E-state index is 11.8. The van der Waals surface area contributed by atoms with Crippen LogP contribution in [0.25, 0.3) is 72.7 Å². The smallest absolute Gasteiger partial charge is 0.149 e. The van der Waals surface area contributed by atoms with Crippen molar-refractivity contribution in [2.24, 2.45) is 0 Å². The number of para-hydroxylation sites is 1. The van der Waals surface area contributed by atoms with Crippen LogP contribution in [0.5, 0.6) is 5.75 Å². The largest absolute Gasteiger partial charge is 0.507 e. The third-order valence-electron chi connectivity index (χ3n) is 11.7. The summed E-state index contributed by atoms with van der Waals surface area (Å²) in [6.45, 7) is 23.5. The third kappa shape index (κ3) is 7.68. The van der Waals surface area contributed by atoms with Crippen LogP contribution in [-0.2, 0) is 10.8 Å². The van der Waals surface area contributed by atoms with Crippen molar-refractivity contribution in [2.45, 2.75) is 92.9 Å². The fraction of sp³-hybridized carbons (Fsp3) is 0.250. The van der Waals surface area contributed by atoms with Gasteiger partial charge in [-0.2, -0.15) is 0 Å². The van der Waals surface area contributed by atoms with Gasteiger partial charge in [0.05, 0.1) is 22.3 Å². The molecule has 8 aromatic rings. The molecule has 2 heterocycles. The van der Waals surface area contributed by atoms with Gasteiger partial charge in [0.15, 0.2) is 0 Å². The Kier molecular flexibility index (Phi) is 10.1. The number of phenols is 1. The number of aromatic nitrogens is 3. The number of fused-ring (bicyclic) bond motifs is 1. The third-order valence-corrected chi connectivity index (χ3v) is 11.7. The Balaban J connectivity index is 1.39. The molecule has 0 saturated carbocycles. The first-order valence-electron chi connectivity index (χ1n) is 21.5. The summed E-state index contributed by atoms with van der Waals surface area (Å²) >= 11 is 0. The van der Waals surface area contributed by atoms with Gasteiger partial charge in [-0.25, -0.2) is 4.98 Å². The molecule has 0 unspecified atom stereocenters. The highest BCUT2D eigenvalue weighted by molar-refractivity contribution is 5.97. The Bertz CT molecular complexity index is 2950. The summed E-state index contributed by atoms with van der Waals surface area (Å²) < 4.78 is 11.7. The molecule has 0 aliphatic carbocycles.